The number of ether oxygens (including phenoxy) is 2. The molecule has 2 aromatic rings. The molecular formula is C21H25ClN2O5S. The molecule has 1 aliphatic heterocycles. The number of benzene rings is 2. The monoisotopic (exact) mass is 452 g/mol. The highest BCUT2D eigenvalue weighted by molar-refractivity contribution is 7.89. The SMILES string of the molecule is CCCOc1ccc(CNC(=O)c2cc(S(=O)(=O)N3CCOCC3)ccc2Cl)cc1. The number of rotatable bonds is 8. The molecule has 0 atom stereocenters. The second-order valence-electron chi connectivity index (χ2n) is 6.83. The lowest BCUT2D eigenvalue weighted by Crippen LogP contribution is -2.40. The van der Waals surface area contributed by atoms with E-state index in [1.54, 1.807) is 0 Å². The fraction of sp³-hybridized carbons (Fsp3) is 0.381. The maximum atomic E-state index is 12.8. The molecule has 0 aliphatic carbocycles. The number of hydrogen-bond acceptors (Lipinski definition) is 5. The fourth-order valence-corrected chi connectivity index (χ4v) is 4.61. The lowest BCUT2D eigenvalue weighted by Gasteiger charge is -2.26. The molecule has 0 spiro atoms. The molecule has 0 aromatic heterocycles. The molecule has 1 aliphatic rings. The number of nitrogens with zero attached hydrogens (tertiary/aromatic N) is 1. The highest BCUT2D eigenvalue weighted by atomic mass is 35.5. The highest BCUT2D eigenvalue weighted by Gasteiger charge is 2.27. The number of morpholine rings is 1. The van der Waals surface area contributed by atoms with Gasteiger partial charge < -0.3 is 14.8 Å². The summed E-state index contributed by atoms with van der Waals surface area (Å²) in [6.07, 6.45) is 0.929. The Balaban J connectivity index is 1.69. The lowest BCUT2D eigenvalue weighted by molar-refractivity contribution is 0.0730. The van der Waals surface area contributed by atoms with Crippen LogP contribution < -0.4 is 10.1 Å². The highest BCUT2D eigenvalue weighted by Crippen LogP contribution is 2.24. The van der Waals surface area contributed by atoms with Crippen molar-refractivity contribution in [3.8, 4) is 5.75 Å². The topological polar surface area (TPSA) is 84.9 Å². The van der Waals surface area contributed by atoms with E-state index in [0.717, 1.165) is 17.7 Å². The van der Waals surface area contributed by atoms with Crippen LogP contribution in [0.4, 0.5) is 0 Å². The van der Waals surface area contributed by atoms with E-state index in [2.05, 4.69) is 5.32 Å². The molecule has 0 radical (unpaired) electrons. The van der Waals surface area contributed by atoms with E-state index in [1.165, 1.54) is 22.5 Å². The summed E-state index contributed by atoms with van der Waals surface area (Å²) in [5.41, 5.74) is 1.01. The Morgan fingerprint density at radius 2 is 1.87 bits per heavy atom. The molecule has 1 saturated heterocycles. The Hall–Kier alpha value is -2.13. The summed E-state index contributed by atoms with van der Waals surface area (Å²) in [7, 11) is -3.71. The van der Waals surface area contributed by atoms with Gasteiger partial charge in [0.15, 0.2) is 0 Å². The van der Waals surface area contributed by atoms with E-state index >= 15 is 0 Å². The first-order chi connectivity index (χ1) is 14.4. The minimum Gasteiger partial charge on any atom is -0.494 e. The van der Waals surface area contributed by atoms with Crippen LogP contribution in [0.25, 0.3) is 0 Å². The van der Waals surface area contributed by atoms with Crippen molar-refractivity contribution < 1.29 is 22.7 Å². The van der Waals surface area contributed by atoms with Gasteiger partial charge in [-0.05, 0) is 42.3 Å². The van der Waals surface area contributed by atoms with Crippen LogP contribution in [-0.2, 0) is 21.3 Å². The zero-order valence-electron chi connectivity index (χ0n) is 16.8. The van der Waals surface area contributed by atoms with Crippen molar-refractivity contribution in [1.82, 2.24) is 9.62 Å². The van der Waals surface area contributed by atoms with Crippen LogP contribution in [-0.4, -0.2) is 51.5 Å². The second kappa shape index (κ2) is 10.3. The third-order valence-electron chi connectivity index (χ3n) is 4.64. The molecule has 2 aromatic carbocycles. The van der Waals surface area contributed by atoms with Crippen LogP contribution in [0.1, 0.15) is 29.3 Å². The smallest absolute Gasteiger partial charge is 0.253 e. The van der Waals surface area contributed by atoms with Crippen LogP contribution in [0.2, 0.25) is 5.02 Å². The number of carbonyl (C=O) groups excluding carboxylic acids is 1. The third-order valence-corrected chi connectivity index (χ3v) is 6.86. The average Bonchev–Trinajstić information content (AvgIpc) is 2.77. The van der Waals surface area contributed by atoms with Gasteiger partial charge in [-0.2, -0.15) is 4.31 Å². The molecular weight excluding hydrogens is 428 g/mol. The molecule has 1 heterocycles. The van der Waals surface area contributed by atoms with Gasteiger partial charge in [0.2, 0.25) is 10.0 Å². The predicted molar refractivity (Wildman–Crippen MR) is 114 cm³/mol. The van der Waals surface area contributed by atoms with Crippen LogP contribution >= 0.6 is 11.6 Å². The minimum atomic E-state index is -3.71. The molecule has 9 heteroatoms. The summed E-state index contributed by atoms with van der Waals surface area (Å²) in [5.74, 6) is 0.335. The van der Waals surface area contributed by atoms with Gasteiger partial charge in [-0.15, -0.1) is 0 Å². The van der Waals surface area contributed by atoms with Crippen molar-refractivity contribution in [2.75, 3.05) is 32.9 Å². The number of hydrogen-bond donors (Lipinski definition) is 1. The van der Waals surface area contributed by atoms with Gasteiger partial charge in [0.05, 0.1) is 35.3 Å². The van der Waals surface area contributed by atoms with Gasteiger partial charge in [0.1, 0.15) is 5.75 Å². The van der Waals surface area contributed by atoms with Crippen molar-refractivity contribution in [2.24, 2.45) is 0 Å². The molecule has 1 amide bonds. The summed E-state index contributed by atoms with van der Waals surface area (Å²) in [6.45, 7) is 4.23. The molecule has 0 bridgehead atoms. The van der Waals surface area contributed by atoms with Crippen LogP contribution in [0.3, 0.4) is 0 Å². The first-order valence-electron chi connectivity index (χ1n) is 9.79. The Labute approximate surface area is 182 Å². The zero-order chi connectivity index (χ0) is 21.6. The van der Waals surface area contributed by atoms with E-state index in [-0.39, 0.29) is 35.1 Å². The van der Waals surface area contributed by atoms with Crippen molar-refractivity contribution in [1.29, 1.82) is 0 Å². The van der Waals surface area contributed by atoms with E-state index in [9.17, 15) is 13.2 Å². The van der Waals surface area contributed by atoms with Crippen LogP contribution in [0.15, 0.2) is 47.4 Å². The van der Waals surface area contributed by atoms with Gasteiger partial charge in [-0.1, -0.05) is 30.7 Å². The summed E-state index contributed by atoms with van der Waals surface area (Å²) < 4.78 is 37.8. The summed E-state index contributed by atoms with van der Waals surface area (Å²) in [5, 5.41) is 2.98. The molecule has 162 valence electrons. The van der Waals surface area contributed by atoms with Crippen LogP contribution in [0, 0.1) is 0 Å². The Morgan fingerprint density at radius 3 is 2.53 bits per heavy atom. The van der Waals surface area contributed by atoms with Gasteiger partial charge >= 0.3 is 0 Å². The number of sulfonamides is 1. The first-order valence-corrected chi connectivity index (χ1v) is 11.6. The number of amides is 1. The molecule has 1 fully saturated rings. The third kappa shape index (κ3) is 5.51. The van der Waals surface area contributed by atoms with E-state index in [1.807, 2.05) is 31.2 Å². The van der Waals surface area contributed by atoms with E-state index in [0.29, 0.717) is 19.8 Å². The van der Waals surface area contributed by atoms with Gasteiger partial charge in [0.25, 0.3) is 5.91 Å². The maximum Gasteiger partial charge on any atom is 0.253 e. The van der Waals surface area contributed by atoms with Gasteiger partial charge in [-0.3, -0.25) is 4.79 Å². The molecule has 1 N–H and O–H groups in total. The fourth-order valence-electron chi connectivity index (χ4n) is 2.98. The van der Waals surface area contributed by atoms with Crippen molar-refractivity contribution in [3.05, 3.63) is 58.6 Å². The maximum absolute atomic E-state index is 12.8. The Kier molecular flexibility index (Phi) is 7.71. The molecule has 0 saturated carbocycles. The van der Waals surface area contributed by atoms with Gasteiger partial charge in [0, 0.05) is 19.6 Å². The number of nitrogens with one attached hydrogen (secondary N) is 1. The molecule has 0 unspecified atom stereocenters. The Bertz CT molecular complexity index is 973. The second-order valence-corrected chi connectivity index (χ2v) is 9.18. The normalized spacial score (nSPS) is 15.0. The first kappa shape index (κ1) is 22.6. The van der Waals surface area contributed by atoms with Crippen molar-refractivity contribution in [3.63, 3.8) is 0 Å². The molecule has 7 nitrogen and oxygen atoms in total. The standard InChI is InChI=1S/C21H25ClN2O5S/c1-2-11-29-17-5-3-16(4-6-17)15-23-21(25)19-14-18(7-8-20(19)22)30(26,27)24-9-12-28-13-10-24/h3-8,14H,2,9-13,15H2,1H3,(H,23,25). The van der Waals surface area contributed by atoms with E-state index in [4.69, 9.17) is 21.1 Å². The summed E-state index contributed by atoms with van der Waals surface area (Å²) in [4.78, 5) is 12.7. The molecule has 3 rings (SSSR count). The quantitative estimate of drug-likeness (QED) is 0.665. The van der Waals surface area contributed by atoms with Crippen molar-refractivity contribution >= 4 is 27.5 Å². The minimum absolute atomic E-state index is 0.0383. The number of carbonyl (C=O) groups is 1. The average molecular weight is 453 g/mol. The molecule has 30 heavy (non-hydrogen) atoms. The van der Waals surface area contributed by atoms with E-state index < -0.39 is 15.9 Å². The zero-order valence-corrected chi connectivity index (χ0v) is 18.3. The Morgan fingerprint density at radius 1 is 1.17 bits per heavy atom. The summed E-state index contributed by atoms with van der Waals surface area (Å²) in [6, 6.07) is 11.6. The number of halogens is 1. The van der Waals surface area contributed by atoms with Crippen molar-refractivity contribution in [2.45, 2.75) is 24.8 Å². The van der Waals surface area contributed by atoms with Gasteiger partial charge in [-0.25, -0.2) is 8.42 Å². The summed E-state index contributed by atoms with van der Waals surface area (Å²) >= 11 is 6.17. The van der Waals surface area contributed by atoms with Crippen LogP contribution in [0.5, 0.6) is 5.75 Å². The largest absolute Gasteiger partial charge is 0.494 e. The predicted octanol–water partition coefficient (Wildman–Crippen LogP) is 3.08. The lowest BCUT2D eigenvalue weighted by atomic mass is 10.2.